The van der Waals surface area contributed by atoms with Crippen LogP contribution in [0.1, 0.15) is 56.9 Å². The quantitative estimate of drug-likeness (QED) is 0.141. The van der Waals surface area contributed by atoms with Gasteiger partial charge in [-0.2, -0.15) is 0 Å². The highest BCUT2D eigenvalue weighted by atomic mass is 16.6. The van der Waals surface area contributed by atoms with Gasteiger partial charge in [0.15, 0.2) is 11.5 Å². The van der Waals surface area contributed by atoms with E-state index in [0.29, 0.717) is 13.2 Å². The summed E-state index contributed by atoms with van der Waals surface area (Å²) < 4.78 is 19.8. The molecular weight excluding hydrogens is 1040 g/mol. The van der Waals surface area contributed by atoms with E-state index in [0.717, 1.165) is 113 Å². The van der Waals surface area contributed by atoms with Crippen LogP contribution in [0.3, 0.4) is 0 Å². The lowest BCUT2D eigenvalue weighted by atomic mass is 9.33. The first-order chi connectivity index (χ1) is 41.4. The molecule has 7 heteroatoms. The van der Waals surface area contributed by atoms with Gasteiger partial charge in [0.2, 0.25) is 0 Å². The fourth-order valence-corrected chi connectivity index (χ4v) is 14.0. The normalized spacial score (nSPS) is 14.1. The molecule has 16 rings (SSSR count). The largest absolute Gasteiger partial charge is 0.486 e. The fourth-order valence-electron chi connectivity index (χ4n) is 14.0. The van der Waals surface area contributed by atoms with Crippen LogP contribution in [0.5, 0.6) is 11.5 Å². The van der Waals surface area contributed by atoms with Crippen LogP contribution in [0.15, 0.2) is 247 Å². The fraction of sp³-hybridized carbons (Fsp3) is 0.128. The molecule has 3 aliphatic heterocycles. The second kappa shape index (κ2) is 19.3. The van der Waals surface area contributed by atoms with Crippen LogP contribution in [-0.4, -0.2) is 19.9 Å². The number of anilines is 9. The van der Waals surface area contributed by atoms with E-state index >= 15 is 0 Å². The maximum absolute atomic E-state index is 6.88. The molecule has 0 saturated carbocycles. The van der Waals surface area contributed by atoms with E-state index in [9.17, 15) is 0 Å². The van der Waals surface area contributed by atoms with Crippen molar-refractivity contribution < 1.29 is 13.9 Å². The van der Waals surface area contributed by atoms with E-state index in [-0.39, 0.29) is 17.5 Å². The predicted octanol–water partition coefficient (Wildman–Crippen LogP) is 18.7. The van der Waals surface area contributed by atoms with Crippen LogP contribution in [0, 0.1) is 6.92 Å². The van der Waals surface area contributed by atoms with Crippen molar-refractivity contribution in [2.24, 2.45) is 0 Å². The Morgan fingerprint density at radius 3 is 1.85 bits per heavy atom. The van der Waals surface area contributed by atoms with Crippen LogP contribution in [0.2, 0.25) is 0 Å². The third-order valence-electron chi connectivity index (χ3n) is 18.1. The number of benzene rings is 11. The lowest BCUT2D eigenvalue weighted by molar-refractivity contribution is 0.172. The van der Waals surface area contributed by atoms with Gasteiger partial charge in [0.1, 0.15) is 24.6 Å². The summed E-state index contributed by atoms with van der Waals surface area (Å²) in [7, 11) is 0. The van der Waals surface area contributed by atoms with Crippen molar-refractivity contribution in [3.05, 3.63) is 265 Å². The molecule has 0 fully saturated rings. The number of hydrogen-bond donors (Lipinski definition) is 0. The van der Waals surface area contributed by atoms with Gasteiger partial charge in [-0.1, -0.05) is 174 Å². The van der Waals surface area contributed by atoms with Crippen molar-refractivity contribution in [2.75, 3.05) is 27.9 Å². The number of aryl methyl sites for hydroxylation is 1. The molecule has 1 aromatic heterocycles. The molecule has 11 aromatic carbocycles. The Morgan fingerprint density at radius 1 is 0.447 bits per heavy atom. The van der Waals surface area contributed by atoms with Gasteiger partial charge in [-0.3, -0.25) is 0 Å². The zero-order valence-corrected chi connectivity index (χ0v) is 48.7. The summed E-state index contributed by atoms with van der Waals surface area (Å²) in [4.78, 5) is 7.48. The third-order valence-corrected chi connectivity index (χ3v) is 18.1. The first-order valence-corrected chi connectivity index (χ1v) is 29.7. The van der Waals surface area contributed by atoms with Crippen molar-refractivity contribution in [3.63, 3.8) is 0 Å². The molecule has 0 N–H and O–H groups in total. The van der Waals surface area contributed by atoms with Gasteiger partial charge in [0.05, 0.1) is 5.69 Å². The van der Waals surface area contributed by atoms with Gasteiger partial charge in [-0.15, -0.1) is 0 Å². The van der Waals surface area contributed by atoms with Gasteiger partial charge in [0.25, 0.3) is 6.71 Å². The maximum atomic E-state index is 6.88. The maximum Gasteiger partial charge on any atom is 0.252 e. The van der Waals surface area contributed by atoms with Gasteiger partial charge in [-0.05, 0) is 176 Å². The van der Waals surface area contributed by atoms with Crippen molar-refractivity contribution in [3.8, 4) is 56.2 Å². The summed E-state index contributed by atoms with van der Waals surface area (Å²) >= 11 is 0. The van der Waals surface area contributed by atoms with Crippen LogP contribution in [0.4, 0.5) is 51.2 Å². The number of hydrogen-bond acceptors (Lipinski definition) is 6. The Kier molecular flexibility index (Phi) is 11.5. The monoisotopic (exact) mass is 1100 g/mol. The first-order valence-electron chi connectivity index (χ1n) is 29.7. The summed E-state index contributed by atoms with van der Waals surface area (Å²) in [6, 6.07) is 89.6. The van der Waals surface area contributed by atoms with E-state index in [1.54, 1.807) is 0 Å². The Hall–Kier alpha value is -9.98. The second-order valence-corrected chi connectivity index (χ2v) is 24.8. The average molecular weight is 1100 g/mol. The lowest BCUT2D eigenvalue weighted by Gasteiger charge is -2.45. The number of nitrogens with zero attached hydrogens (tertiary/aromatic N) is 3. The molecular formula is C78H62BN3O3. The van der Waals surface area contributed by atoms with E-state index in [4.69, 9.17) is 13.9 Å². The number of para-hydroxylation sites is 3. The topological polar surface area (TPSA) is 41.3 Å². The molecule has 0 atom stereocenters. The van der Waals surface area contributed by atoms with E-state index in [2.05, 4.69) is 299 Å². The molecule has 4 aliphatic rings. The van der Waals surface area contributed by atoms with Gasteiger partial charge in [-0.25, -0.2) is 0 Å². The van der Waals surface area contributed by atoms with Crippen LogP contribution >= 0.6 is 0 Å². The second-order valence-electron chi connectivity index (χ2n) is 24.8. The first kappa shape index (κ1) is 50.7. The van der Waals surface area contributed by atoms with E-state index in [1.165, 1.54) is 44.2 Å². The molecule has 0 amide bonds. The number of rotatable bonds is 8. The summed E-state index contributed by atoms with van der Waals surface area (Å²) in [5.41, 5.74) is 27.1. The molecule has 410 valence electrons. The molecule has 0 spiro atoms. The SMILES string of the molecule is Cc1cc2c3c(c1)N(c1cc4c(cc1-c1ccccc1)OCCO4)c1ccc(C(C)(C)C)cc1B3c1ccc(N(c3ccccc3)c3ccccc3)cc1N2c1cc(-c2ccc3c(c2)C(C)(C)c2ccccc2-3)cc(-c2cc3ccccc3o2)c1. The predicted molar refractivity (Wildman–Crippen MR) is 353 cm³/mol. The minimum absolute atomic E-state index is 0.134. The van der Waals surface area contributed by atoms with E-state index < -0.39 is 0 Å². The molecule has 1 aliphatic carbocycles. The average Bonchev–Trinajstić information content (AvgIpc) is 1.52. The molecule has 0 saturated heterocycles. The molecule has 0 unspecified atom stereocenters. The zero-order valence-electron chi connectivity index (χ0n) is 48.7. The zero-order chi connectivity index (χ0) is 57.3. The molecule has 4 heterocycles. The molecule has 6 nitrogen and oxygen atoms in total. The molecule has 0 bridgehead atoms. The van der Waals surface area contributed by atoms with Crippen molar-refractivity contribution in [1.29, 1.82) is 0 Å². The smallest absolute Gasteiger partial charge is 0.252 e. The summed E-state index contributed by atoms with van der Waals surface area (Å²) in [6.45, 7) is 14.8. The van der Waals surface area contributed by atoms with Crippen LogP contribution in [0.25, 0.3) is 55.7 Å². The molecule has 0 radical (unpaired) electrons. The Morgan fingerprint density at radius 2 is 1.11 bits per heavy atom. The van der Waals surface area contributed by atoms with Gasteiger partial charge in [0, 0.05) is 73.5 Å². The molecule has 12 aromatic rings. The number of furan rings is 1. The van der Waals surface area contributed by atoms with Gasteiger partial charge >= 0.3 is 0 Å². The van der Waals surface area contributed by atoms with E-state index in [1.807, 2.05) is 0 Å². The third kappa shape index (κ3) is 8.23. The van der Waals surface area contributed by atoms with Crippen LogP contribution < -0.4 is 40.6 Å². The van der Waals surface area contributed by atoms with Crippen molar-refractivity contribution >= 4 is 85.3 Å². The minimum atomic E-state index is -0.186. The molecule has 85 heavy (non-hydrogen) atoms. The highest BCUT2D eigenvalue weighted by molar-refractivity contribution is 7.00. The van der Waals surface area contributed by atoms with Gasteiger partial charge < -0.3 is 28.6 Å². The minimum Gasteiger partial charge on any atom is -0.486 e. The highest BCUT2D eigenvalue weighted by Crippen LogP contribution is 2.54. The summed E-state index contributed by atoms with van der Waals surface area (Å²) in [5, 5.41) is 1.06. The highest BCUT2D eigenvalue weighted by Gasteiger charge is 2.45. The lowest BCUT2D eigenvalue weighted by Crippen LogP contribution is -2.61. The number of ether oxygens (including phenoxy) is 2. The summed E-state index contributed by atoms with van der Waals surface area (Å²) in [6.07, 6.45) is 0. The number of fused-ring (bicyclic) bond motifs is 9. The Labute approximate surface area is 497 Å². The van der Waals surface area contributed by atoms with Crippen molar-refractivity contribution in [1.82, 2.24) is 0 Å². The summed E-state index contributed by atoms with van der Waals surface area (Å²) in [5.74, 6) is 2.31. The van der Waals surface area contributed by atoms with Crippen LogP contribution in [-0.2, 0) is 10.8 Å². The Bertz CT molecular complexity index is 4590. The standard InChI is InChI=1S/C78H62BN3O3/c1-49-38-70-76-71(39-49)82(68-48-75-74(83-36-37-84-75)47-62(68)50-20-10-7-11-21-50)67-35-31-55(77(2,3)4)45-66(67)79(76)65-34-32-58(80(56-23-12-8-13-24-56)57-25-14-9-15-26-57)46-69(65)81(70)59-41-53(40-54(42-59)73-44-52-22-16-19-29-72(52)85-73)51-30-33-61-60-27-17-18-28-63(60)78(5,6)64(61)43-51/h7-35,38-48H,36-37H2,1-6H3. The van der Waals surface area contributed by atoms with Crippen molar-refractivity contribution in [2.45, 2.75) is 52.4 Å². The Balaban J connectivity index is 0.999.